The molecule has 1 fully saturated rings. The molecule has 1 aliphatic carbocycles. The Kier molecular flexibility index (Phi) is 5.13. The van der Waals surface area contributed by atoms with Crippen LogP contribution in [0.25, 0.3) is 0 Å². The average Bonchev–Trinajstić information content (AvgIpc) is 3.17. The third kappa shape index (κ3) is 3.51. The number of hydrogen-bond donors (Lipinski definition) is 1. The van der Waals surface area contributed by atoms with Gasteiger partial charge in [0.2, 0.25) is 5.89 Å². The third-order valence-electron chi connectivity index (χ3n) is 3.77. The summed E-state index contributed by atoms with van der Waals surface area (Å²) in [5.74, 6) is 1.21. The first-order valence-electron chi connectivity index (χ1n) is 6.86. The lowest BCUT2D eigenvalue weighted by Crippen LogP contribution is -2.34. The van der Waals surface area contributed by atoms with Crippen LogP contribution in [-0.4, -0.2) is 15.9 Å². The first kappa shape index (κ1) is 16.1. The normalized spacial score (nSPS) is 16.6. The minimum Gasteiger partial charge on any atom is -0.339 e. The SMILES string of the molecule is Cl.NC1(c2noc(CCC(=O)c3cccs3)n2)CCCC1. The Morgan fingerprint density at radius 1 is 1.43 bits per heavy atom. The number of halogens is 1. The summed E-state index contributed by atoms with van der Waals surface area (Å²) in [5, 5.41) is 5.89. The van der Waals surface area contributed by atoms with E-state index in [9.17, 15) is 4.79 Å². The number of hydrogen-bond acceptors (Lipinski definition) is 6. The molecule has 2 heterocycles. The zero-order valence-electron chi connectivity index (χ0n) is 11.6. The van der Waals surface area contributed by atoms with Gasteiger partial charge in [0.05, 0.1) is 10.4 Å². The summed E-state index contributed by atoms with van der Waals surface area (Å²) >= 11 is 1.45. The van der Waals surface area contributed by atoms with E-state index in [2.05, 4.69) is 10.1 Å². The number of carbonyl (C=O) groups is 1. The van der Waals surface area contributed by atoms with Gasteiger partial charge in [-0.1, -0.05) is 24.1 Å². The number of thiophene rings is 1. The molecular weight excluding hydrogens is 310 g/mol. The molecule has 2 N–H and O–H groups in total. The van der Waals surface area contributed by atoms with Crippen molar-refractivity contribution in [3.63, 3.8) is 0 Å². The van der Waals surface area contributed by atoms with Gasteiger partial charge in [-0.2, -0.15) is 4.98 Å². The predicted octanol–water partition coefficient (Wildman–Crippen LogP) is 3.10. The molecule has 1 saturated carbocycles. The van der Waals surface area contributed by atoms with E-state index in [1.54, 1.807) is 0 Å². The van der Waals surface area contributed by atoms with Crippen LogP contribution < -0.4 is 5.73 Å². The lowest BCUT2D eigenvalue weighted by Gasteiger charge is -2.17. The molecule has 0 aromatic carbocycles. The van der Waals surface area contributed by atoms with Gasteiger partial charge >= 0.3 is 0 Å². The largest absolute Gasteiger partial charge is 0.339 e. The van der Waals surface area contributed by atoms with Crippen LogP contribution in [0.4, 0.5) is 0 Å². The maximum absolute atomic E-state index is 11.9. The highest BCUT2D eigenvalue weighted by Crippen LogP contribution is 2.34. The Bertz CT molecular complexity index is 591. The van der Waals surface area contributed by atoms with Gasteiger partial charge in [-0.15, -0.1) is 23.7 Å². The summed E-state index contributed by atoms with van der Waals surface area (Å²) in [4.78, 5) is 17.0. The first-order chi connectivity index (χ1) is 9.67. The lowest BCUT2D eigenvalue weighted by molar-refractivity contribution is 0.0983. The summed E-state index contributed by atoms with van der Waals surface area (Å²) in [6.45, 7) is 0. The second kappa shape index (κ2) is 6.68. The van der Waals surface area contributed by atoms with Gasteiger partial charge in [0, 0.05) is 12.8 Å². The van der Waals surface area contributed by atoms with Crippen molar-refractivity contribution in [3.05, 3.63) is 34.1 Å². The summed E-state index contributed by atoms with van der Waals surface area (Å²) < 4.78 is 5.22. The van der Waals surface area contributed by atoms with Crippen molar-refractivity contribution >= 4 is 29.5 Å². The van der Waals surface area contributed by atoms with E-state index in [0.717, 1.165) is 30.6 Å². The van der Waals surface area contributed by atoms with Crippen molar-refractivity contribution < 1.29 is 9.32 Å². The number of rotatable bonds is 5. The van der Waals surface area contributed by atoms with Crippen molar-refractivity contribution in [1.29, 1.82) is 0 Å². The molecule has 5 nitrogen and oxygen atoms in total. The third-order valence-corrected chi connectivity index (χ3v) is 4.68. The topological polar surface area (TPSA) is 82.0 Å². The van der Waals surface area contributed by atoms with Crippen LogP contribution >= 0.6 is 23.7 Å². The highest BCUT2D eigenvalue weighted by atomic mass is 35.5. The molecule has 0 aliphatic heterocycles. The minimum atomic E-state index is -0.431. The van der Waals surface area contributed by atoms with E-state index in [0.29, 0.717) is 24.6 Å². The van der Waals surface area contributed by atoms with Crippen LogP contribution in [0, 0.1) is 0 Å². The van der Waals surface area contributed by atoms with E-state index in [1.165, 1.54) is 11.3 Å². The Morgan fingerprint density at radius 3 is 2.86 bits per heavy atom. The molecule has 2 aromatic rings. The lowest BCUT2D eigenvalue weighted by atomic mass is 9.99. The Hall–Kier alpha value is -1.24. The fourth-order valence-corrected chi connectivity index (χ4v) is 3.26. The summed E-state index contributed by atoms with van der Waals surface area (Å²) in [6, 6.07) is 3.71. The summed E-state index contributed by atoms with van der Waals surface area (Å²) in [6.07, 6.45) is 4.88. The first-order valence-corrected chi connectivity index (χ1v) is 7.74. The van der Waals surface area contributed by atoms with Crippen LogP contribution in [0.5, 0.6) is 0 Å². The molecule has 0 bridgehead atoms. The van der Waals surface area contributed by atoms with Crippen molar-refractivity contribution in [1.82, 2.24) is 10.1 Å². The second-order valence-corrected chi connectivity index (χ2v) is 6.22. The fraction of sp³-hybridized carbons (Fsp3) is 0.500. The van der Waals surface area contributed by atoms with E-state index >= 15 is 0 Å². The molecule has 1 aliphatic rings. The molecule has 0 spiro atoms. The van der Waals surface area contributed by atoms with Crippen molar-refractivity contribution in [3.8, 4) is 0 Å². The molecule has 0 saturated heterocycles. The van der Waals surface area contributed by atoms with Gasteiger partial charge in [-0.05, 0) is 24.3 Å². The minimum absolute atomic E-state index is 0. The zero-order valence-corrected chi connectivity index (χ0v) is 13.2. The predicted molar refractivity (Wildman–Crippen MR) is 82.8 cm³/mol. The Labute approximate surface area is 133 Å². The maximum Gasteiger partial charge on any atom is 0.227 e. The zero-order chi connectivity index (χ0) is 14.0. The number of aromatic nitrogens is 2. The number of nitrogens with zero attached hydrogens (tertiary/aromatic N) is 2. The van der Waals surface area contributed by atoms with Crippen molar-refractivity contribution in [2.24, 2.45) is 5.73 Å². The van der Waals surface area contributed by atoms with Crippen molar-refractivity contribution in [2.75, 3.05) is 0 Å². The van der Waals surface area contributed by atoms with E-state index < -0.39 is 5.54 Å². The number of nitrogens with two attached hydrogens (primary N) is 1. The monoisotopic (exact) mass is 327 g/mol. The fourth-order valence-electron chi connectivity index (χ4n) is 2.57. The average molecular weight is 328 g/mol. The van der Waals surface area contributed by atoms with Crippen LogP contribution in [0.1, 0.15) is 53.5 Å². The number of carbonyl (C=O) groups excluding carboxylic acids is 1. The molecule has 7 heteroatoms. The number of aryl methyl sites for hydroxylation is 1. The molecule has 0 radical (unpaired) electrons. The van der Waals surface area contributed by atoms with Crippen molar-refractivity contribution in [2.45, 2.75) is 44.1 Å². The van der Waals surface area contributed by atoms with Crippen LogP contribution in [0.2, 0.25) is 0 Å². The highest BCUT2D eigenvalue weighted by Gasteiger charge is 2.35. The van der Waals surface area contributed by atoms with Gasteiger partial charge < -0.3 is 10.3 Å². The molecule has 0 amide bonds. The van der Waals surface area contributed by atoms with Crippen LogP contribution in [0.3, 0.4) is 0 Å². The molecular formula is C14H18ClN3O2S. The van der Waals surface area contributed by atoms with Crippen LogP contribution in [0.15, 0.2) is 22.0 Å². The molecule has 21 heavy (non-hydrogen) atoms. The number of ketones is 1. The van der Waals surface area contributed by atoms with Gasteiger partial charge in [0.1, 0.15) is 0 Å². The summed E-state index contributed by atoms with van der Waals surface area (Å²) in [7, 11) is 0. The Morgan fingerprint density at radius 2 is 2.19 bits per heavy atom. The molecule has 0 unspecified atom stereocenters. The molecule has 114 valence electrons. The van der Waals surface area contributed by atoms with Gasteiger partial charge in [0.25, 0.3) is 0 Å². The van der Waals surface area contributed by atoms with E-state index in [4.69, 9.17) is 10.3 Å². The quantitative estimate of drug-likeness (QED) is 0.853. The highest BCUT2D eigenvalue weighted by molar-refractivity contribution is 7.12. The molecule has 3 rings (SSSR count). The number of Topliss-reactive ketones (excluding diaryl/α,β-unsaturated/α-hetero) is 1. The van der Waals surface area contributed by atoms with Gasteiger partial charge in [0.15, 0.2) is 11.6 Å². The van der Waals surface area contributed by atoms with Crippen LogP contribution in [-0.2, 0) is 12.0 Å². The van der Waals surface area contributed by atoms with E-state index in [1.807, 2.05) is 17.5 Å². The Balaban J connectivity index is 0.00000161. The maximum atomic E-state index is 11.9. The second-order valence-electron chi connectivity index (χ2n) is 5.28. The van der Waals surface area contributed by atoms with E-state index in [-0.39, 0.29) is 18.2 Å². The summed E-state index contributed by atoms with van der Waals surface area (Å²) in [5.41, 5.74) is 5.85. The van der Waals surface area contributed by atoms with Gasteiger partial charge in [-0.3, -0.25) is 4.79 Å². The smallest absolute Gasteiger partial charge is 0.227 e. The molecule has 0 atom stereocenters. The molecule has 2 aromatic heterocycles. The van der Waals surface area contributed by atoms with Gasteiger partial charge in [-0.25, -0.2) is 0 Å². The standard InChI is InChI=1S/C14H17N3O2S.ClH/c15-14(7-1-2-8-14)13-16-12(19-17-13)6-5-10(18)11-4-3-9-20-11;/h3-4,9H,1-2,5-8,15H2;1H.